The smallest absolute Gasteiger partial charge is 0.260 e. The monoisotopic (exact) mass is 400 g/mol. The predicted octanol–water partition coefficient (Wildman–Crippen LogP) is 2.86. The van der Waals surface area contributed by atoms with Crippen molar-refractivity contribution in [3.63, 3.8) is 0 Å². The number of carbonyl (C=O) groups is 1. The molecule has 0 unspecified atom stereocenters. The SMILES string of the molecule is C[C@@H]1CN(Cc2ccc(F)cc2)[C@@H](C)CN1C(=O)COc1ccc(CCO)cc1. The van der Waals surface area contributed by atoms with E-state index in [9.17, 15) is 9.18 Å². The van der Waals surface area contributed by atoms with Crippen LogP contribution < -0.4 is 4.74 Å². The summed E-state index contributed by atoms with van der Waals surface area (Å²) in [6, 6.07) is 14.3. The Morgan fingerprint density at radius 1 is 1.03 bits per heavy atom. The van der Waals surface area contributed by atoms with E-state index in [1.165, 1.54) is 12.1 Å². The van der Waals surface area contributed by atoms with Gasteiger partial charge in [0.2, 0.25) is 0 Å². The van der Waals surface area contributed by atoms with Crippen LogP contribution in [0.2, 0.25) is 0 Å². The third kappa shape index (κ3) is 5.78. The normalized spacial score (nSPS) is 19.9. The third-order valence-corrected chi connectivity index (χ3v) is 5.42. The molecule has 6 heteroatoms. The van der Waals surface area contributed by atoms with Crippen molar-refractivity contribution in [1.29, 1.82) is 0 Å². The number of aliphatic hydroxyl groups excluding tert-OH is 1. The number of benzene rings is 2. The number of hydrogen-bond acceptors (Lipinski definition) is 4. The Morgan fingerprint density at radius 2 is 1.69 bits per heavy atom. The lowest BCUT2D eigenvalue weighted by Crippen LogP contribution is -2.58. The van der Waals surface area contributed by atoms with Gasteiger partial charge in [-0.05, 0) is 55.7 Å². The van der Waals surface area contributed by atoms with Crippen molar-refractivity contribution in [3.05, 3.63) is 65.5 Å². The van der Waals surface area contributed by atoms with Crippen LogP contribution in [0.25, 0.3) is 0 Å². The van der Waals surface area contributed by atoms with E-state index >= 15 is 0 Å². The van der Waals surface area contributed by atoms with Crippen molar-refractivity contribution < 1.29 is 19.0 Å². The average molecular weight is 400 g/mol. The fourth-order valence-electron chi connectivity index (χ4n) is 3.70. The number of piperazine rings is 1. The van der Waals surface area contributed by atoms with Crippen LogP contribution in [-0.2, 0) is 17.8 Å². The zero-order chi connectivity index (χ0) is 20.8. The summed E-state index contributed by atoms with van der Waals surface area (Å²) in [4.78, 5) is 16.9. The van der Waals surface area contributed by atoms with Crippen molar-refractivity contribution in [2.45, 2.75) is 38.9 Å². The van der Waals surface area contributed by atoms with E-state index < -0.39 is 0 Å². The lowest BCUT2D eigenvalue weighted by Gasteiger charge is -2.44. The number of aliphatic hydroxyl groups is 1. The first kappa shape index (κ1) is 21.3. The van der Waals surface area contributed by atoms with Crippen molar-refractivity contribution in [1.82, 2.24) is 9.80 Å². The van der Waals surface area contributed by atoms with Gasteiger partial charge in [0, 0.05) is 38.3 Å². The first-order chi connectivity index (χ1) is 14.0. The molecule has 3 rings (SSSR count). The molecule has 5 nitrogen and oxygen atoms in total. The predicted molar refractivity (Wildman–Crippen MR) is 110 cm³/mol. The highest BCUT2D eigenvalue weighted by Gasteiger charge is 2.32. The molecule has 1 heterocycles. The topological polar surface area (TPSA) is 53.0 Å². The zero-order valence-electron chi connectivity index (χ0n) is 17.1. The minimum absolute atomic E-state index is 0.00830. The molecule has 2 atom stereocenters. The molecule has 0 radical (unpaired) electrons. The summed E-state index contributed by atoms with van der Waals surface area (Å²) in [5, 5.41) is 8.97. The number of halogens is 1. The lowest BCUT2D eigenvalue weighted by atomic mass is 10.1. The molecule has 1 aliphatic heterocycles. The molecule has 1 saturated heterocycles. The molecule has 1 fully saturated rings. The van der Waals surface area contributed by atoms with Crippen molar-refractivity contribution >= 4 is 5.91 Å². The third-order valence-electron chi connectivity index (χ3n) is 5.42. The Balaban J connectivity index is 1.52. The van der Waals surface area contributed by atoms with E-state index in [-0.39, 0.29) is 37.0 Å². The number of rotatable bonds is 7. The van der Waals surface area contributed by atoms with Crippen LogP contribution >= 0.6 is 0 Å². The van der Waals surface area contributed by atoms with Gasteiger partial charge in [-0.2, -0.15) is 0 Å². The van der Waals surface area contributed by atoms with Gasteiger partial charge in [0.25, 0.3) is 5.91 Å². The summed E-state index contributed by atoms with van der Waals surface area (Å²) in [6.07, 6.45) is 0.608. The van der Waals surface area contributed by atoms with Gasteiger partial charge in [0.05, 0.1) is 0 Å². The Morgan fingerprint density at radius 3 is 2.34 bits per heavy atom. The van der Waals surface area contributed by atoms with Gasteiger partial charge in [-0.3, -0.25) is 9.69 Å². The maximum Gasteiger partial charge on any atom is 0.260 e. The fraction of sp³-hybridized carbons (Fsp3) is 0.435. The maximum atomic E-state index is 13.1. The molecule has 1 amide bonds. The highest BCUT2D eigenvalue weighted by atomic mass is 19.1. The van der Waals surface area contributed by atoms with Crippen LogP contribution in [-0.4, -0.2) is 59.2 Å². The minimum atomic E-state index is -0.228. The van der Waals surface area contributed by atoms with E-state index in [4.69, 9.17) is 9.84 Å². The first-order valence-electron chi connectivity index (χ1n) is 10.1. The molecule has 0 aliphatic carbocycles. The van der Waals surface area contributed by atoms with Crippen molar-refractivity contribution in [2.75, 3.05) is 26.3 Å². The summed E-state index contributed by atoms with van der Waals surface area (Å²) in [6.45, 7) is 6.42. The largest absolute Gasteiger partial charge is 0.484 e. The van der Waals surface area contributed by atoms with Gasteiger partial charge in [0.1, 0.15) is 11.6 Å². The zero-order valence-corrected chi connectivity index (χ0v) is 17.1. The number of ether oxygens (including phenoxy) is 1. The molecule has 156 valence electrons. The van der Waals surface area contributed by atoms with E-state index in [0.717, 1.165) is 24.2 Å². The molecule has 1 aliphatic rings. The lowest BCUT2D eigenvalue weighted by molar-refractivity contribution is -0.139. The fourth-order valence-corrected chi connectivity index (χ4v) is 3.70. The van der Waals surface area contributed by atoms with Gasteiger partial charge in [-0.1, -0.05) is 24.3 Å². The van der Waals surface area contributed by atoms with Crippen LogP contribution in [0.5, 0.6) is 5.75 Å². The van der Waals surface area contributed by atoms with Crippen LogP contribution in [0.4, 0.5) is 4.39 Å². The minimum Gasteiger partial charge on any atom is -0.484 e. The number of nitrogens with zero attached hydrogens (tertiary/aromatic N) is 2. The van der Waals surface area contributed by atoms with Crippen molar-refractivity contribution in [3.8, 4) is 5.75 Å². The van der Waals surface area contributed by atoms with Gasteiger partial charge in [-0.15, -0.1) is 0 Å². The highest BCUT2D eigenvalue weighted by Crippen LogP contribution is 2.19. The average Bonchev–Trinajstić information content (AvgIpc) is 2.71. The number of amides is 1. The first-order valence-corrected chi connectivity index (χ1v) is 10.1. The molecule has 0 spiro atoms. The molecule has 2 aromatic rings. The second-order valence-corrected chi connectivity index (χ2v) is 7.71. The summed E-state index contributed by atoms with van der Waals surface area (Å²) in [7, 11) is 0. The summed E-state index contributed by atoms with van der Waals surface area (Å²) in [5.74, 6) is 0.398. The molecule has 0 saturated carbocycles. The summed E-state index contributed by atoms with van der Waals surface area (Å²) in [5.41, 5.74) is 2.10. The Bertz CT molecular complexity index is 795. The molecule has 1 N–H and O–H groups in total. The van der Waals surface area contributed by atoms with Crippen LogP contribution in [0.15, 0.2) is 48.5 Å². The van der Waals surface area contributed by atoms with Crippen LogP contribution in [0.1, 0.15) is 25.0 Å². The second kappa shape index (κ2) is 9.85. The van der Waals surface area contributed by atoms with Crippen molar-refractivity contribution in [2.24, 2.45) is 0 Å². The number of hydrogen-bond donors (Lipinski definition) is 1. The summed E-state index contributed by atoms with van der Waals surface area (Å²) >= 11 is 0. The van der Waals surface area contributed by atoms with E-state index in [1.54, 1.807) is 0 Å². The highest BCUT2D eigenvalue weighted by molar-refractivity contribution is 5.78. The van der Waals surface area contributed by atoms with Crippen LogP contribution in [0, 0.1) is 5.82 Å². The van der Waals surface area contributed by atoms with Gasteiger partial charge >= 0.3 is 0 Å². The number of carbonyl (C=O) groups excluding carboxylic acids is 1. The van der Waals surface area contributed by atoms with E-state index in [0.29, 0.717) is 18.7 Å². The molecule has 29 heavy (non-hydrogen) atoms. The standard InChI is InChI=1S/C23H29FN2O3/c1-17-14-26(18(2)13-25(17)15-20-3-7-21(24)8-4-20)23(28)16-29-22-9-5-19(6-10-22)11-12-27/h3-10,17-18,27H,11-16H2,1-2H3/t17-,18+/m0/s1. The van der Waals surface area contributed by atoms with E-state index in [2.05, 4.69) is 11.8 Å². The molecule has 0 aromatic heterocycles. The molecule has 0 bridgehead atoms. The summed E-state index contributed by atoms with van der Waals surface area (Å²) < 4.78 is 18.8. The van der Waals surface area contributed by atoms with Crippen LogP contribution in [0.3, 0.4) is 0 Å². The Labute approximate surface area is 171 Å². The van der Waals surface area contributed by atoms with Gasteiger partial charge in [0.15, 0.2) is 6.61 Å². The van der Waals surface area contributed by atoms with Gasteiger partial charge < -0.3 is 14.7 Å². The Kier molecular flexibility index (Phi) is 7.23. The van der Waals surface area contributed by atoms with Gasteiger partial charge in [-0.25, -0.2) is 4.39 Å². The second-order valence-electron chi connectivity index (χ2n) is 7.71. The molecule has 2 aromatic carbocycles. The molecular formula is C23H29FN2O3. The quantitative estimate of drug-likeness (QED) is 0.777. The molecular weight excluding hydrogens is 371 g/mol. The van der Waals surface area contributed by atoms with E-state index in [1.807, 2.05) is 48.2 Å². The maximum absolute atomic E-state index is 13.1. The Hall–Kier alpha value is -2.44.